The lowest BCUT2D eigenvalue weighted by atomic mass is 10.1. The van der Waals surface area contributed by atoms with Crippen LogP contribution < -0.4 is 10.6 Å². The molecule has 0 unspecified atom stereocenters. The molecule has 0 radical (unpaired) electrons. The highest BCUT2D eigenvalue weighted by Gasteiger charge is 2.09. The van der Waals surface area contributed by atoms with Gasteiger partial charge in [-0.3, -0.25) is 0 Å². The number of nitrogens with two attached hydrogens (primary N) is 1. The van der Waals surface area contributed by atoms with Crippen molar-refractivity contribution in [2.45, 2.75) is 19.9 Å². The predicted molar refractivity (Wildman–Crippen MR) is 90.1 cm³/mol. The lowest BCUT2D eigenvalue weighted by molar-refractivity contribution is 0.828. The summed E-state index contributed by atoms with van der Waals surface area (Å²) in [6.45, 7) is 4.77. The van der Waals surface area contributed by atoms with Gasteiger partial charge in [-0.2, -0.15) is 0 Å². The molecule has 0 atom stereocenters. The van der Waals surface area contributed by atoms with Gasteiger partial charge >= 0.3 is 0 Å². The molecule has 0 fully saturated rings. The zero-order valence-corrected chi connectivity index (χ0v) is 13.4. The lowest BCUT2D eigenvalue weighted by Crippen LogP contribution is -2.22. The molecule has 0 aromatic heterocycles. The summed E-state index contributed by atoms with van der Waals surface area (Å²) in [5.74, 6) is 0. The first-order valence-corrected chi connectivity index (χ1v) is 7.81. The Morgan fingerprint density at radius 2 is 1.80 bits per heavy atom. The van der Waals surface area contributed by atoms with Crippen LogP contribution >= 0.6 is 15.9 Å². The standard InChI is InChI=1S/C17H21BrN2/c1-2-20(13-15-6-4-3-5-7-15)17-9-8-14(10-11-19)12-16(17)18/h3-9,12H,2,10-11,13,19H2,1H3. The van der Waals surface area contributed by atoms with E-state index in [9.17, 15) is 0 Å². The van der Waals surface area contributed by atoms with E-state index in [0.29, 0.717) is 6.54 Å². The first-order chi connectivity index (χ1) is 9.74. The van der Waals surface area contributed by atoms with E-state index in [-0.39, 0.29) is 0 Å². The summed E-state index contributed by atoms with van der Waals surface area (Å²) in [4.78, 5) is 2.37. The summed E-state index contributed by atoms with van der Waals surface area (Å²) in [6.07, 6.45) is 0.920. The lowest BCUT2D eigenvalue weighted by Gasteiger charge is -2.25. The van der Waals surface area contributed by atoms with E-state index in [1.165, 1.54) is 16.8 Å². The third-order valence-corrected chi connectivity index (χ3v) is 4.02. The summed E-state index contributed by atoms with van der Waals surface area (Å²) in [5, 5.41) is 0. The van der Waals surface area contributed by atoms with Gasteiger partial charge < -0.3 is 10.6 Å². The Hall–Kier alpha value is -1.32. The van der Waals surface area contributed by atoms with Gasteiger partial charge in [-0.1, -0.05) is 36.4 Å². The van der Waals surface area contributed by atoms with Gasteiger partial charge in [0.15, 0.2) is 0 Å². The average molecular weight is 333 g/mol. The summed E-state index contributed by atoms with van der Waals surface area (Å²) in [6, 6.07) is 17.1. The molecule has 0 amide bonds. The van der Waals surface area contributed by atoms with Gasteiger partial charge in [-0.15, -0.1) is 0 Å². The Morgan fingerprint density at radius 3 is 2.40 bits per heavy atom. The Labute approximate surface area is 129 Å². The molecule has 0 saturated heterocycles. The largest absolute Gasteiger partial charge is 0.367 e. The molecule has 0 aliphatic heterocycles. The quantitative estimate of drug-likeness (QED) is 0.866. The van der Waals surface area contributed by atoms with Gasteiger partial charge in [0, 0.05) is 17.6 Å². The van der Waals surface area contributed by atoms with Crippen LogP contribution in [-0.2, 0) is 13.0 Å². The Balaban J connectivity index is 2.19. The molecule has 0 bridgehead atoms. The van der Waals surface area contributed by atoms with Gasteiger partial charge in [-0.05, 0) is 59.1 Å². The summed E-state index contributed by atoms with van der Waals surface area (Å²) in [5.41, 5.74) is 9.45. The highest BCUT2D eigenvalue weighted by atomic mass is 79.9. The van der Waals surface area contributed by atoms with Gasteiger partial charge in [-0.25, -0.2) is 0 Å². The topological polar surface area (TPSA) is 29.3 Å². The Kier molecular flexibility index (Phi) is 5.62. The van der Waals surface area contributed by atoms with Crippen molar-refractivity contribution in [1.29, 1.82) is 0 Å². The molecule has 2 rings (SSSR count). The van der Waals surface area contributed by atoms with E-state index in [2.05, 4.69) is 76.3 Å². The number of halogens is 1. The predicted octanol–water partition coefficient (Wildman–Crippen LogP) is 3.98. The number of hydrogen-bond acceptors (Lipinski definition) is 2. The monoisotopic (exact) mass is 332 g/mol. The van der Waals surface area contributed by atoms with Crippen LogP contribution in [-0.4, -0.2) is 13.1 Å². The summed E-state index contributed by atoms with van der Waals surface area (Å²) < 4.78 is 1.14. The van der Waals surface area contributed by atoms with E-state index in [4.69, 9.17) is 5.73 Å². The third-order valence-electron chi connectivity index (χ3n) is 3.38. The maximum Gasteiger partial charge on any atom is 0.0513 e. The second-order valence-corrected chi connectivity index (χ2v) is 5.68. The minimum atomic E-state index is 0.688. The molecule has 0 heterocycles. The van der Waals surface area contributed by atoms with Crippen molar-refractivity contribution in [3.8, 4) is 0 Å². The van der Waals surface area contributed by atoms with Gasteiger partial charge in [0.05, 0.1) is 5.69 Å². The number of rotatable bonds is 6. The maximum atomic E-state index is 5.61. The molecule has 20 heavy (non-hydrogen) atoms. The van der Waals surface area contributed by atoms with Crippen molar-refractivity contribution in [2.24, 2.45) is 5.73 Å². The molecule has 2 aromatic rings. The number of anilines is 1. The Bertz CT molecular complexity index is 540. The molecule has 2 nitrogen and oxygen atoms in total. The SMILES string of the molecule is CCN(Cc1ccccc1)c1ccc(CCN)cc1Br. The van der Waals surface area contributed by atoms with Crippen molar-refractivity contribution < 1.29 is 0 Å². The van der Waals surface area contributed by atoms with Crippen molar-refractivity contribution in [1.82, 2.24) is 0 Å². The van der Waals surface area contributed by atoms with Crippen LogP contribution in [0.1, 0.15) is 18.1 Å². The zero-order chi connectivity index (χ0) is 14.4. The summed E-state index contributed by atoms with van der Waals surface area (Å²) >= 11 is 3.69. The van der Waals surface area contributed by atoms with Crippen LogP contribution in [0.15, 0.2) is 53.0 Å². The fraction of sp³-hybridized carbons (Fsp3) is 0.294. The van der Waals surface area contributed by atoms with E-state index in [1.54, 1.807) is 0 Å². The van der Waals surface area contributed by atoms with Crippen molar-refractivity contribution in [2.75, 3.05) is 18.0 Å². The van der Waals surface area contributed by atoms with Gasteiger partial charge in [0.2, 0.25) is 0 Å². The average Bonchev–Trinajstić information content (AvgIpc) is 2.47. The molecule has 3 heteroatoms. The molecule has 2 N–H and O–H groups in total. The van der Waals surface area contributed by atoms with Crippen LogP contribution in [0.4, 0.5) is 5.69 Å². The number of benzene rings is 2. The first-order valence-electron chi connectivity index (χ1n) is 7.02. The molecule has 106 valence electrons. The summed E-state index contributed by atoms with van der Waals surface area (Å²) in [7, 11) is 0. The first kappa shape index (κ1) is 15.1. The Morgan fingerprint density at radius 1 is 1.05 bits per heavy atom. The molecular formula is C17H21BrN2. The van der Waals surface area contributed by atoms with Crippen LogP contribution in [0.5, 0.6) is 0 Å². The molecule has 0 spiro atoms. The van der Waals surface area contributed by atoms with Gasteiger partial charge in [0.1, 0.15) is 0 Å². The number of hydrogen-bond donors (Lipinski definition) is 1. The van der Waals surface area contributed by atoms with Crippen molar-refractivity contribution in [3.05, 3.63) is 64.1 Å². The second-order valence-electron chi connectivity index (χ2n) is 4.82. The normalized spacial score (nSPS) is 10.6. The fourth-order valence-electron chi connectivity index (χ4n) is 2.30. The molecular weight excluding hydrogens is 312 g/mol. The highest BCUT2D eigenvalue weighted by molar-refractivity contribution is 9.10. The second kappa shape index (κ2) is 7.46. The molecule has 0 saturated carbocycles. The fourth-order valence-corrected chi connectivity index (χ4v) is 2.98. The van der Waals surface area contributed by atoms with Crippen LogP contribution in [0.2, 0.25) is 0 Å². The smallest absolute Gasteiger partial charge is 0.0513 e. The van der Waals surface area contributed by atoms with Crippen molar-refractivity contribution >= 4 is 21.6 Å². The van der Waals surface area contributed by atoms with Crippen LogP contribution in [0.3, 0.4) is 0 Å². The van der Waals surface area contributed by atoms with Crippen LogP contribution in [0.25, 0.3) is 0 Å². The molecule has 2 aromatic carbocycles. The van der Waals surface area contributed by atoms with E-state index in [1.807, 2.05) is 0 Å². The maximum absolute atomic E-state index is 5.61. The van der Waals surface area contributed by atoms with Gasteiger partial charge in [0.25, 0.3) is 0 Å². The highest BCUT2D eigenvalue weighted by Crippen LogP contribution is 2.28. The molecule has 0 aliphatic carbocycles. The third kappa shape index (κ3) is 3.84. The van der Waals surface area contributed by atoms with E-state index in [0.717, 1.165) is 24.0 Å². The minimum absolute atomic E-state index is 0.688. The van der Waals surface area contributed by atoms with E-state index >= 15 is 0 Å². The zero-order valence-electron chi connectivity index (χ0n) is 11.8. The number of nitrogens with zero attached hydrogens (tertiary/aromatic N) is 1. The van der Waals surface area contributed by atoms with Crippen LogP contribution in [0, 0.1) is 0 Å². The van der Waals surface area contributed by atoms with Crippen molar-refractivity contribution in [3.63, 3.8) is 0 Å². The minimum Gasteiger partial charge on any atom is -0.367 e. The van der Waals surface area contributed by atoms with E-state index < -0.39 is 0 Å². The molecule has 0 aliphatic rings.